The predicted molar refractivity (Wildman–Crippen MR) is 117 cm³/mol. The van der Waals surface area contributed by atoms with Crippen molar-refractivity contribution in [3.8, 4) is 5.75 Å². The van der Waals surface area contributed by atoms with Crippen LogP contribution in [-0.2, 0) is 10.0 Å². The Kier molecular flexibility index (Phi) is 5.68. The van der Waals surface area contributed by atoms with Gasteiger partial charge in [-0.1, -0.05) is 17.7 Å². The van der Waals surface area contributed by atoms with Gasteiger partial charge >= 0.3 is 0 Å². The molecule has 30 heavy (non-hydrogen) atoms. The molecule has 10 heteroatoms. The summed E-state index contributed by atoms with van der Waals surface area (Å²) in [6.07, 6.45) is 2.25. The molecule has 156 valence electrons. The normalized spacial score (nSPS) is 13.7. The Morgan fingerprint density at radius 3 is 2.77 bits per heavy atom. The number of nitrogens with zero attached hydrogens (tertiary/aromatic N) is 1. The fraction of sp³-hybridized carbons (Fsp3) is 0.200. The summed E-state index contributed by atoms with van der Waals surface area (Å²) in [7, 11) is -2.54. The lowest BCUT2D eigenvalue weighted by Gasteiger charge is -2.13. The minimum Gasteiger partial charge on any atom is -0.495 e. The van der Waals surface area contributed by atoms with Crippen molar-refractivity contribution in [1.82, 2.24) is 4.98 Å². The molecule has 1 aliphatic carbocycles. The number of thiazole rings is 1. The average Bonchev–Trinajstić information content (AvgIpc) is 3.47. The Hall–Kier alpha value is -2.62. The van der Waals surface area contributed by atoms with Crippen LogP contribution in [0.15, 0.2) is 52.7 Å². The summed E-state index contributed by atoms with van der Waals surface area (Å²) in [5, 5.41) is 5.53. The van der Waals surface area contributed by atoms with E-state index in [-0.39, 0.29) is 16.1 Å². The molecule has 1 amide bonds. The highest BCUT2D eigenvalue weighted by Gasteiger charge is 2.26. The van der Waals surface area contributed by atoms with E-state index in [1.807, 2.05) is 5.38 Å². The number of halogens is 1. The third-order valence-electron chi connectivity index (χ3n) is 4.55. The predicted octanol–water partition coefficient (Wildman–Crippen LogP) is 4.74. The van der Waals surface area contributed by atoms with Gasteiger partial charge in [0.15, 0.2) is 5.13 Å². The number of nitrogens with one attached hydrogen (secondary N) is 2. The van der Waals surface area contributed by atoms with E-state index >= 15 is 0 Å². The molecule has 1 aromatic heterocycles. The minimum atomic E-state index is -3.97. The minimum absolute atomic E-state index is 0.0602. The maximum Gasteiger partial charge on any atom is 0.262 e. The Morgan fingerprint density at radius 2 is 2.03 bits per heavy atom. The number of aromatic nitrogens is 1. The summed E-state index contributed by atoms with van der Waals surface area (Å²) in [5.41, 5.74) is 1.40. The second-order valence-electron chi connectivity index (χ2n) is 6.78. The van der Waals surface area contributed by atoms with E-state index in [9.17, 15) is 13.2 Å². The Labute approximate surface area is 183 Å². The van der Waals surface area contributed by atoms with Crippen LogP contribution in [0.25, 0.3) is 0 Å². The van der Waals surface area contributed by atoms with E-state index in [4.69, 9.17) is 16.3 Å². The molecule has 3 aromatic rings. The van der Waals surface area contributed by atoms with Gasteiger partial charge < -0.3 is 4.74 Å². The lowest BCUT2D eigenvalue weighted by molar-refractivity contribution is 0.102. The molecular formula is C20H18ClN3O4S2. The summed E-state index contributed by atoms with van der Waals surface area (Å²) in [5.74, 6) is 0.395. The number of methoxy groups -OCH3 is 1. The first-order valence-electron chi connectivity index (χ1n) is 9.09. The van der Waals surface area contributed by atoms with E-state index in [1.54, 1.807) is 18.2 Å². The van der Waals surface area contributed by atoms with Crippen molar-refractivity contribution in [2.75, 3.05) is 17.1 Å². The van der Waals surface area contributed by atoms with Gasteiger partial charge in [0.1, 0.15) is 5.75 Å². The second kappa shape index (κ2) is 8.25. The van der Waals surface area contributed by atoms with Gasteiger partial charge in [0.25, 0.3) is 15.9 Å². The molecule has 0 saturated heterocycles. The molecule has 0 spiro atoms. The van der Waals surface area contributed by atoms with Gasteiger partial charge in [0, 0.05) is 21.9 Å². The number of benzene rings is 2. The van der Waals surface area contributed by atoms with Crippen LogP contribution >= 0.6 is 22.9 Å². The van der Waals surface area contributed by atoms with Crippen molar-refractivity contribution in [1.29, 1.82) is 0 Å². The van der Waals surface area contributed by atoms with Crippen LogP contribution in [-0.4, -0.2) is 26.4 Å². The standard InChI is InChI=1S/C20H18ClN3O4S2/c1-28-18-8-7-14(21)10-16(18)24-30(26,27)15-4-2-3-13(9-15)19(25)23-20-22-17(11-29-20)12-5-6-12/h2-4,7-12,24H,5-6H2,1H3,(H,22,23,25). The van der Waals surface area contributed by atoms with E-state index in [1.165, 1.54) is 42.7 Å². The van der Waals surface area contributed by atoms with Gasteiger partial charge in [-0.25, -0.2) is 13.4 Å². The third-order valence-corrected chi connectivity index (χ3v) is 6.92. The Bertz CT molecular complexity index is 1210. The monoisotopic (exact) mass is 463 g/mol. The molecule has 7 nitrogen and oxygen atoms in total. The molecule has 1 aliphatic rings. The van der Waals surface area contributed by atoms with Gasteiger partial charge in [-0.05, 0) is 49.2 Å². The lowest BCUT2D eigenvalue weighted by atomic mass is 10.2. The molecule has 1 heterocycles. The Morgan fingerprint density at radius 1 is 1.23 bits per heavy atom. The second-order valence-corrected chi connectivity index (χ2v) is 9.76. The van der Waals surface area contributed by atoms with Crippen LogP contribution in [0.2, 0.25) is 5.02 Å². The highest BCUT2D eigenvalue weighted by atomic mass is 35.5. The summed E-state index contributed by atoms with van der Waals surface area (Å²) >= 11 is 7.33. The van der Waals surface area contributed by atoms with E-state index in [0.29, 0.717) is 21.8 Å². The van der Waals surface area contributed by atoms with Crippen molar-refractivity contribution in [3.05, 3.63) is 64.1 Å². The first-order chi connectivity index (χ1) is 14.4. The topological polar surface area (TPSA) is 97.4 Å². The molecule has 0 aliphatic heterocycles. The SMILES string of the molecule is COc1ccc(Cl)cc1NS(=O)(=O)c1cccc(C(=O)Nc2nc(C3CC3)cs2)c1. The highest BCUT2D eigenvalue weighted by molar-refractivity contribution is 7.92. The van der Waals surface area contributed by atoms with Crippen molar-refractivity contribution in [2.24, 2.45) is 0 Å². The molecular weight excluding hydrogens is 446 g/mol. The van der Waals surface area contributed by atoms with Gasteiger partial charge in [0.05, 0.1) is 23.4 Å². The maximum atomic E-state index is 12.8. The van der Waals surface area contributed by atoms with Crippen LogP contribution in [0.1, 0.15) is 34.8 Å². The number of anilines is 2. The molecule has 0 radical (unpaired) electrons. The first kappa shape index (κ1) is 20.6. The van der Waals surface area contributed by atoms with Crippen molar-refractivity contribution >= 4 is 49.7 Å². The zero-order chi connectivity index (χ0) is 21.3. The average molecular weight is 464 g/mol. The molecule has 2 N–H and O–H groups in total. The molecule has 4 rings (SSSR count). The fourth-order valence-electron chi connectivity index (χ4n) is 2.85. The first-order valence-corrected chi connectivity index (χ1v) is 11.8. The number of ether oxygens (including phenoxy) is 1. The van der Waals surface area contributed by atoms with Crippen LogP contribution in [0.5, 0.6) is 5.75 Å². The van der Waals surface area contributed by atoms with Crippen LogP contribution in [0.4, 0.5) is 10.8 Å². The molecule has 0 atom stereocenters. The number of rotatable bonds is 7. The van der Waals surface area contributed by atoms with Crippen LogP contribution < -0.4 is 14.8 Å². The van der Waals surface area contributed by atoms with Gasteiger partial charge in [-0.15, -0.1) is 11.3 Å². The smallest absolute Gasteiger partial charge is 0.262 e. The van der Waals surface area contributed by atoms with Crippen LogP contribution in [0.3, 0.4) is 0 Å². The largest absolute Gasteiger partial charge is 0.495 e. The third kappa shape index (κ3) is 4.58. The number of carbonyl (C=O) groups excluding carboxylic acids is 1. The van der Waals surface area contributed by atoms with E-state index < -0.39 is 15.9 Å². The molecule has 1 saturated carbocycles. The number of hydrogen-bond acceptors (Lipinski definition) is 6. The number of carbonyl (C=O) groups is 1. The molecule has 2 aromatic carbocycles. The van der Waals surface area contributed by atoms with E-state index in [0.717, 1.165) is 18.5 Å². The zero-order valence-corrected chi connectivity index (χ0v) is 18.3. The maximum absolute atomic E-state index is 12.8. The van der Waals surface area contributed by atoms with Crippen molar-refractivity contribution < 1.29 is 17.9 Å². The van der Waals surface area contributed by atoms with Gasteiger partial charge in [0.2, 0.25) is 0 Å². The van der Waals surface area contributed by atoms with Crippen molar-refractivity contribution in [2.45, 2.75) is 23.7 Å². The summed E-state index contributed by atoms with van der Waals surface area (Å²) in [6, 6.07) is 10.4. The van der Waals surface area contributed by atoms with Gasteiger partial charge in [-0.2, -0.15) is 0 Å². The summed E-state index contributed by atoms with van der Waals surface area (Å²) in [4.78, 5) is 17.0. The number of hydrogen-bond donors (Lipinski definition) is 2. The lowest BCUT2D eigenvalue weighted by Crippen LogP contribution is -2.16. The quantitative estimate of drug-likeness (QED) is 0.527. The van der Waals surface area contributed by atoms with Gasteiger partial charge in [-0.3, -0.25) is 14.8 Å². The van der Waals surface area contributed by atoms with Crippen molar-refractivity contribution in [3.63, 3.8) is 0 Å². The fourth-order valence-corrected chi connectivity index (χ4v) is 4.91. The number of sulfonamides is 1. The summed E-state index contributed by atoms with van der Waals surface area (Å²) in [6.45, 7) is 0. The summed E-state index contributed by atoms with van der Waals surface area (Å²) < 4.78 is 33.3. The van der Waals surface area contributed by atoms with Crippen LogP contribution in [0, 0.1) is 0 Å². The molecule has 0 bridgehead atoms. The number of amides is 1. The molecule has 1 fully saturated rings. The van der Waals surface area contributed by atoms with E-state index in [2.05, 4.69) is 15.0 Å². The molecule has 0 unspecified atom stereocenters. The Balaban J connectivity index is 1.54. The highest BCUT2D eigenvalue weighted by Crippen LogP contribution is 2.41. The zero-order valence-electron chi connectivity index (χ0n) is 15.9.